The first kappa shape index (κ1) is 17.7. The number of benzene rings is 1. The van der Waals surface area contributed by atoms with Gasteiger partial charge in [-0.15, -0.1) is 0 Å². The Hall–Kier alpha value is -2.38. The van der Waals surface area contributed by atoms with E-state index in [1.54, 1.807) is 13.0 Å². The summed E-state index contributed by atoms with van der Waals surface area (Å²) in [6, 6.07) is 5.85. The molecule has 0 saturated carbocycles. The maximum absolute atomic E-state index is 11.2. The first-order valence-electron chi connectivity index (χ1n) is 6.61. The van der Waals surface area contributed by atoms with Crippen molar-refractivity contribution in [3.63, 3.8) is 0 Å². The molecule has 1 aromatic rings. The van der Waals surface area contributed by atoms with Gasteiger partial charge in [0.05, 0.1) is 0 Å². The zero-order valence-electron chi connectivity index (χ0n) is 12.2. The van der Waals surface area contributed by atoms with Gasteiger partial charge in [-0.25, -0.2) is 9.59 Å². The van der Waals surface area contributed by atoms with E-state index in [0.29, 0.717) is 6.42 Å². The zero-order chi connectivity index (χ0) is 16.6. The van der Waals surface area contributed by atoms with Crippen molar-refractivity contribution in [2.45, 2.75) is 25.6 Å². The number of carboxylic acids is 1. The first-order chi connectivity index (χ1) is 10.4. The molecule has 0 radical (unpaired) electrons. The van der Waals surface area contributed by atoms with Crippen LogP contribution in [0.5, 0.6) is 5.75 Å². The monoisotopic (exact) mass is 310 g/mol. The normalized spacial score (nSPS) is 13.0. The molecule has 0 heterocycles. The Morgan fingerprint density at radius 3 is 2.64 bits per heavy atom. The van der Waals surface area contributed by atoms with Crippen LogP contribution in [0.25, 0.3) is 0 Å². The average molecular weight is 310 g/mol. The van der Waals surface area contributed by atoms with Crippen LogP contribution in [0.4, 0.5) is 0 Å². The van der Waals surface area contributed by atoms with E-state index in [1.807, 2.05) is 0 Å². The number of hydrogen-bond acceptors (Lipinski definition) is 6. The molecule has 0 aliphatic carbocycles. The lowest BCUT2D eigenvalue weighted by Crippen LogP contribution is -2.39. The number of hydrogen-bond donors (Lipinski definition) is 2. The van der Waals surface area contributed by atoms with Crippen molar-refractivity contribution in [3.8, 4) is 5.75 Å². The molecule has 0 aliphatic heterocycles. The van der Waals surface area contributed by atoms with Gasteiger partial charge in [0.15, 0.2) is 12.4 Å². The van der Waals surface area contributed by atoms with Crippen molar-refractivity contribution >= 4 is 11.9 Å². The Morgan fingerprint density at radius 1 is 1.36 bits per heavy atom. The fraction of sp³-hybridized carbons (Fsp3) is 0.333. The third kappa shape index (κ3) is 5.19. The topological polar surface area (TPSA) is 102 Å². The van der Waals surface area contributed by atoms with Crippen LogP contribution in [-0.2, 0) is 14.4 Å². The number of aromatic carboxylic acids is 1. The van der Waals surface area contributed by atoms with Crippen molar-refractivity contribution < 1.29 is 34.3 Å². The minimum Gasteiger partial charge on any atom is -0.478 e. The molecule has 1 unspecified atom stereocenters. The van der Waals surface area contributed by atoms with Gasteiger partial charge in [0.25, 0.3) is 0 Å². The lowest BCUT2D eigenvalue weighted by Gasteiger charge is -2.26. The Balaban J connectivity index is 2.69. The van der Waals surface area contributed by atoms with Crippen molar-refractivity contribution in [2.75, 3.05) is 6.61 Å². The van der Waals surface area contributed by atoms with Gasteiger partial charge in [-0.3, -0.25) is 0 Å². The van der Waals surface area contributed by atoms with Crippen molar-refractivity contribution in [1.82, 2.24) is 0 Å². The van der Waals surface area contributed by atoms with Crippen LogP contribution in [0.3, 0.4) is 0 Å². The van der Waals surface area contributed by atoms with Crippen molar-refractivity contribution in [3.05, 3.63) is 42.5 Å². The second-order valence-electron chi connectivity index (χ2n) is 4.47. The standard InChI is InChI=1S/C15H18O7/c1-3-9-15(19,21-13(16)4-2)10-20-22-12-8-6-5-7-11(12)14(17)18/h4-8,19H,2-3,9-10H2,1H3,(H,17,18). The van der Waals surface area contributed by atoms with Crippen LogP contribution in [0.1, 0.15) is 30.1 Å². The minimum atomic E-state index is -1.88. The second kappa shape index (κ2) is 8.16. The van der Waals surface area contributed by atoms with E-state index >= 15 is 0 Å². The summed E-state index contributed by atoms with van der Waals surface area (Å²) >= 11 is 0. The molecule has 1 atom stereocenters. The molecule has 1 aromatic carbocycles. The van der Waals surface area contributed by atoms with Gasteiger partial charge in [0, 0.05) is 12.5 Å². The second-order valence-corrected chi connectivity index (χ2v) is 4.47. The molecule has 0 bridgehead atoms. The molecule has 0 fully saturated rings. The minimum absolute atomic E-state index is 0.0242. The number of carboxylic acid groups (broad SMARTS) is 1. The maximum atomic E-state index is 11.2. The molecular formula is C15H18O7. The predicted octanol–water partition coefficient (Wildman–Crippen LogP) is 1.91. The number of para-hydroxylation sites is 1. The van der Waals surface area contributed by atoms with E-state index in [2.05, 4.69) is 6.58 Å². The van der Waals surface area contributed by atoms with Crippen LogP contribution < -0.4 is 4.89 Å². The number of aliphatic hydroxyl groups is 1. The summed E-state index contributed by atoms with van der Waals surface area (Å²) in [4.78, 5) is 32.0. The van der Waals surface area contributed by atoms with Gasteiger partial charge >= 0.3 is 11.9 Å². The van der Waals surface area contributed by atoms with Gasteiger partial charge in [-0.2, -0.15) is 4.89 Å². The smallest absolute Gasteiger partial charge is 0.339 e. The summed E-state index contributed by atoms with van der Waals surface area (Å²) in [6.45, 7) is 4.55. The summed E-state index contributed by atoms with van der Waals surface area (Å²) < 4.78 is 4.82. The van der Waals surface area contributed by atoms with E-state index in [9.17, 15) is 14.7 Å². The average Bonchev–Trinajstić information content (AvgIpc) is 2.47. The Morgan fingerprint density at radius 2 is 2.05 bits per heavy atom. The third-order valence-electron chi connectivity index (χ3n) is 2.65. The Labute approximate surface area is 127 Å². The Bertz CT molecular complexity index is 540. The SMILES string of the molecule is C=CC(=O)OC(O)(CCC)COOc1ccccc1C(=O)O. The van der Waals surface area contributed by atoms with Gasteiger partial charge in [0.2, 0.25) is 5.79 Å². The fourth-order valence-corrected chi connectivity index (χ4v) is 1.67. The molecule has 0 saturated heterocycles. The number of esters is 1. The van der Waals surface area contributed by atoms with Gasteiger partial charge in [0.1, 0.15) is 5.56 Å². The molecule has 0 spiro atoms. The summed E-state index contributed by atoms with van der Waals surface area (Å²) in [5.41, 5.74) is -0.0929. The number of rotatable bonds is 9. The highest BCUT2D eigenvalue weighted by Crippen LogP contribution is 2.20. The molecule has 22 heavy (non-hydrogen) atoms. The van der Waals surface area contributed by atoms with E-state index < -0.39 is 24.3 Å². The van der Waals surface area contributed by atoms with Crippen molar-refractivity contribution in [1.29, 1.82) is 0 Å². The van der Waals surface area contributed by atoms with E-state index in [0.717, 1.165) is 6.08 Å². The van der Waals surface area contributed by atoms with Crippen LogP contribution >= 0.6 is 0 Å². The van der Waals surface area contributed by atoms with Crippen LogP contribution in [0.15, 0.2) is 36.9 Å². The molecular weight excluding hydrogens is 292 g/mol. The van der Waals surface area contributed by atoms with E-state index in [4.69, 9.17) is 19.6 Å². The Kier molecular flexibility index (Phi) is 6.55. The highest BCUT2D eigenvalue weighted by Gasteiger charge is 2.31. The molecule has 1 rings (SSSR count). The molecule has 0 aromatic heterocycles. The number of carbonyl (C=O) groups excluding carboxylic acids is 1. The molecule has 7 heteroatoms. The summed E-state index contributed by atoms with van der Waals surface area (Å²) in [5.74, 6) is -3.88. The molecule has 0 amide bonds. The van der Waals surface area contributed by atoms with Crippen molar-refractivity contribution in [2.24, 2.45) is 0 Å². The summed E-state index contributed by atoms with van der Waals surface area (Å²) in [6.07, 6.45) is 1.56. The number of carbonyl (C=O) groups is 2. The molecule has 7 nitrogen and oxygen atoms in total. The lowest BCUT2D eigenvalue weighted by atomic mass is 10.1. The maximum Gasteiger partial charge on any atom is 0.339 e. The van der Waals surface area contributed by atoms with E-state index in [1.165, 1.54) is 18.2 Å². The fourth-order valence-electron chi connectivity index (χ4n) is 1.67. The number of ether oxygens (including phenoxy) is 1. The quantitative estimate of drug-likeness (QED) is 0.236. The summed E-state index contributed by atoms with van der Waals surface area (Å²) in [5, 5.41) is 19.2. The highest BCUT2D eigenvalue weighted by molar-refractivity contribution is 5.90. The molecule has 0 aliphatic rings. The zero-order valence-corrected chi connectivity index (χ0v) is 12.2. The lowest BCUT2D eigenvalue weighted by molar-refractivity contribution is -0.296. The molecule has 120 valence electrons. The highest BCUT2D eigenvalue weighted by atomic mass is 17.2. The largest absolute Gasteiger partial charge is 0.478 e. The van der Waals surface area contributed by atoms with Gasteiger partial charge in [-0.1, -0.05) is 25.6 Å². The third-order valence-corrected chi connectivity index (χ3v) is 2.65. The predicted molar refractivity (Wildman–Crippen MR) is 76.1 cm³/mol. The first-order valence-corrected chi connectivity index (χ1v) is 6.61. The van der Waals surface area contributed by atoms with E-state index in [-0.39, 0.29) is 17.7 Å². The van der Waals surface area contributed by atoms with Crippen LogP contribution in [0, 0.1) is 0 Å². The van der Waals surface area contributed by atoms with Crippen LogP contribution in [-0.4, -0.2) is 34.5 Å². The van der Waals surface area contributed by atoms with Crippen LogP contribution in [0.2, 0.25) is 0 Å². The van der Waals surface area contributed by atoms with Gasteiger partial charge < -0.3 is 19.8 Å². The summed E-state index contributed by atoms with van der Waals surface area (Å²) in [7, 11) is 0. The molecule has 2 N–H and O–H groups in total. The van der Waals surface area contributed by atoms with Gasteiger partial charge in [-0.05, 0) is 18.6 Å².